The molecule has 0 unspecified atom stereocenters. The Morgan fingerprint density at radius 1 is 1.38 bits per heavy atom. The smallest absolute Gasteiger partial charge is 0.267 e. The van der Waals surface area contributed by atoms with Gasteiger partial charge in [0, 0.05) is 21.2 Å². The van der Waals surface area contributed by atoms with Gasteiger partial charge in [-0.2, -0.15) is 5.10 Å². The SMILES string of the molecule is CC(=O)[C@H]1CC(C(=O)NCc2cc(Br)cs2)=NN1c1ccccc1. The van der Waals surface area contributed by atoms with Crippen molar-refractivity contribution in [2.24, 2.45) is 5.10 Å². The van der Waals surface area contributed by atoms with Crippen molar-refractivity contribution in [3.63, 3.8) is 0 Å². The van der Waals surface area contributed by atoms with E-state index in [1.165, 1.54) is 6.92 Å². The lowest BCUT2D eigenvalue weighted by atomic mass is 10.1. The molecule has 0 fully saturated rings. The Bertz CT molecular complexity index is 788. The largest absolute Gasteiger partial charge is 0.346 e. The number of para-hydroxylation sites is 1. The minimum Gasteiger partial charge on any atom is -0.346 e. The summed E-state index contributed by atoms with van der Waals surface area (Å²) in [6.45, 7) is 1.98. The molecule has 1 atom stereocenters. The van der Waals surface area contributed by atoms with E-state index in [-0.39, 0.29) is 11.7 Å². The summed E-state index contributed by atoms with van der Waals surface area (Å²) >= 11 is 4.96. The van der Waals surface area contributed by atoms with E-state index in [4.69, 9.17) is 0 Å². The fraction of sp³-hybridized carbons (Fsp3) is 0.235. The summed E-state index contributed by atoms with van der Waals surface area (Å²) in [7, 11) is 0. The maximum atomic E-state index is 12.4. The summed E-state index contributed by atoms with van der Waals surface area (Å²) in [5, 5.41) is 10.9. The molecule has 2 heterocycles. The Labute approximate surface area is 152 Å². The normalized spacial score (nSPS) is 16.8. The quantitative estimate of drug-likeness (QED) is 0.829. The maximum Gasteiger partial charge on any atom is 0.267 e. The lowest BCUT2D eigenvalue weighted by molar-refractivity contribution is -0.118. The van der Waals surface area contributed by atoms with Crippen LogP contribution >= 0.6 is 27.3 Å². The Balaban J connectivity index is 1.72. The van der Waals surface area contributed by atoms with E-state index in [0.29, 0.717) is 18.7 Å². The van der Waals surface area contributed by atoms with E-state index in [2.05, 4.69) is 26.3 Å². The number of amides is 1. The molecule has 0 saturated heterocycles. The zero-order chi connectivity index (χ0) is 17.1. The first-order chi connectivity index (χ1) is 11.5. The number of benzene rings is 1. The lowest BCUT2D eigenvalue weighted by Crippen LogP contribution is -2.34. The number of carbonyl (C=O) groups excluding carboxylic acids is 2. The molecule has 1 aromatic carbocycles. The average molecular weight is 406 g/mol. The highest BCUT2D eigenvalue weighted by Crippen LogP contribution is 2.25. The number of nitrogens with zero attached hydrogens (tertiary/aromatic N) is 2. The predicted octanol–water partition coefficient (Wildman–Crippen LogP) is 3.35. The van der Waals surface area contributed by atoms with Gasteiger partial charge in [-0.05, 0) is 41.1 Å². The molecule has 0 spiro atoms. The van der Waals surface area contributed by atoms with Crippen molar-refractivity contribution >= 4 is 50.4 Å². The lowest BCUT2D eigenvalue weighted by Gasteiger charge is -2.20. The van der Waals surface area contributed by atoms with Crippen molar-refractivity contribution in [2.45, 2.75) is 25.9 Å². The average Bonchev–Trinajstić information content (AvgIpc) is 3.20. The minimum atomic E-state index is -0.427. The molecule has 24 heavy (non-hydrogen) atoms. The third-order valence-electron chi connectivity index (χ3n) is 3.71. The van der Waals surface area contributed by atoms with Crippen molar-refractivity contribution in [2.75, 3.05) is 5.01 Å². The number of Topliss-reactive ketones (excluding diaryl/α,β-unsaturated/α-hetero) is 1. The molecule has 0 radical (unpaired) electrons. The minimum absolute atomic E-state index is 0.00686. The molecule has 1 aliphatic heterocycles. The van der Waals surface area contributed by atoms with Crippen molar-refractivity contribution in [3.05, 3.63) is 51.1 Å². The van der Waals surface area contributed by atoms with E-state index in [0.717, 1.165) is 15.0 Å². The Morgan fingerprint density at radius 3 is 2.75 bits per heavy atom. The third kappa shape index (κ3) is 3.73. The van der Waals surface area contributed by atoms with Crippen molar-refractivity contribution < 1.29 is 9.59 Å². The summed E-state index contributed by atoms with van der Waals surface area (Å²) in [5.41, 5.74) is 1.19. The van der Waals surface area contributed by atoms with Crippen LogP contribution in [0.25, 0.3) is 0 Å². The van der Waals surface area contributed by atoms with Gasteiger partial charge in [0.15, 0.2) is 5.78 Å². The fourth-order valence-corrected chi connectivity index (χ4v) is 3.89. The second-order valence-corrected chi connectivity index (χ2v) is 7.38. The number of hydrazone groups is 1. The highest BCUT2D eigenvalue weighted by Gasteiger charge is 2.33. The number of hydrogen-bond acceptors (Lipinski definition) is 5. The summed E-state index contributed by atoms with van der Waals surface area (Å²) in [4.78, 5) is 25.4. The maximum absolute atomic E-state index is 12.4. The van der Waals surface area contributed by atoms with Crippen LogP contribution < -0.4 is 10.3 Å². The van der Waals surface area contributed by atoms with Gasteiger partial charge >= 0.3 is 0 Å². The number of anilines is 1. The number of ketones is 1. The molecule has 124 valence electrons. The van der Waals surface area contributed by atoms with Crippen molar-refractivity contribution in [1.82, 2.24) is 5.32 Å². The van der Waals surface area contributed by atoms with Crippen LogP contribution in [0.5, 0.6) is 0 Å². The van der Waals surface area contributed by atoms with E-state index >= 15 is 0 Å². The molecule has 0 bridgehead atoms. The van der Waals surface area contributed by atoms with Gasteiger partial charge in [-0.15, -0.1) is 11.3 Å². The summed E-state index contributed by atoms with van der Waals surface area (Å²) in [6, 6.07) is 11.0. The van der Waals surface area contributed by atoms with E-state index in [1.807, 2.05) is 41.8 Å². The first-order valence-corrected chi connectivity index (χ1v) is 9.15. The van der Waals surface area contributed by atoms with E-state index < -0.39 is 6.04 Å². The number of carbonyl (C=O) groups is 2. The summed E-state index contributed by atoms with van der Waals surface area (Å²) < 4.78 is 1.00. The van der Waals surface area contributed by atoms with Gasteiger partial charge in [0.25, 0.3) is 5.91 Å². The Hall–Kier alpha value is -1.99. The molecule has 1 aromatic heterocycles. The van der Waals surface area contributed by atoms with Crippen LogP contribution in [-0.2, 0) is 16.1 Å². The molecule has 1 amide bonds. The molecule has 5 nitrogen and oxygen atoms in total. The van der Waals surface area contributed by atoms with Crippen LogP contribution in [0.2, 0.25) is 0 Å². The summed E-state index contributed by atoms with van der Waals surface area (Å²) in [6.07, 6.45) is 0.324. The van der Waals surface area contributed by atoms with Crippen LogP contribution in [0.1, 0.15) is 18.2 Å². The predicted molar refractivity (Wildman–Crippen MR) is 99.3 cm³/mol. The van der Waals surface area contributed by atoms with Gasteiger partial charge in [-0.25, -0.2) is 0 Å². The van der Waals surface area contributed by atoms with E-state index in [9.17, 15) is 9.59 Å². The van der Waals surface area contributed by atoms with Gasteiger partial charge in [0.1, 0.15) is 11.8 Å². The summed E-state index contributed by atoms with van der Waals surface area (Å²) in [5.74, 6) is -0.239. The number of hydrogen-bond donors (Lipinski definition) is 1. The molecule has 0 aliphatic carbocycles. The molecule has 0 saturated carbocycles. The van der Waals surface area contributed by atoms with Crippen molar-refractivity contribution in [3.8, 4) is 0 Å². The Morgan fingerprint density at radius 2 is 2.12 bits per heavy atom. The van der Waals surface area contributed by atoms with Gasteiger partial charge in [-0.1, -0.05) is 18.2 Å². The molecule has 1 aliphatic rings. The van der Waals surface area contributed by atoms with Crippen LogP contribution in [-0.4, -0.2) is 23.4 Å². The second kappa shape index (κ2) is 7.27. The van der Waals surface area contributed by atoms with Gasteiger partial charge in [0.2, 0.25) is 0 Å². The number of halogens is 1. The molecule has 2 aromatic rings. The first-order valence-electron chi connectivity index (χ1n) is 7.48. The highest BCUT2D eigenvalue weighted by molar-refractivity contribution is 9.10. The number of rotatable bonds is 5. The van der Waals surface area contributed by atoms with Gasteiger partial charge < -0.3 is 5.32 Å². The van der Waals surface area contributed by atoms with Crippen LogP contribution in [0.4, 0.5) is 5.69 Å². The third-order valence-corrected chi connectivity index (χ3v) is 5.41. The zero-order valence-corrected chi connectivity index (χ0v) is 15.4. The standard InChI is InChI=1S/C17H16BrN3O2S/c1-11(22)16-8-15(20-21(16)13-5-3-2-4-6-13)17(23)19-9-14-7-12(18)10-24-14/h2-7,10,16H,8-9H2,1H3,(H,19,23)/t16-/m1/s1. The first kappa shape index (κ1) is 16.9. The zero-order valence-electron chi connectivity index (χ0n) is 13.0. The van der Waals surface area contributed by atoms with Crippen LogP contribution in [0, 0.1) is 0 Å². The molecule has 7 heteroatoms. The van der Waals surface area contributed by atoms with Gasteiger partial charge in [0.05, 0.1) is 12.2 Å². The van der Waals surface area contributed by atoms with Crippen molar-refractivity contribution in [1.29, 1.82) is 0 Å². The van der Waals surface area contributed by atoms with E-state index in [1.54, 1.807) is 16.3 Å². The number of thiophene rings is 1. The van der Waals surface area contributed by atoms with Crippen LogP contribution in [0.3, 0.4) is 0 Å². The Kier molecular flexibility index (Phi) is 5.11. The number of nitrogens with one attached hydrogen (secondary N) is 1. The molecule has 3 rings (SSSR count). The highest BCUT2D eigenvalue weighted by atomic mass is 79.9. The molecular formula is C17H16BrN3O2S. The van der Waals surface area contributed by atoms with Gasteiger partial charge in [-0.3, -0.25) is 14.6 Å². The topological polar surface area (TPSA) is 61.8 Å². The fourth-order valence-electron chi connectivity index (χ4n) is 2.50. The monoisotopic (exact) mass is 405 g/mol. The van der Waals surface area contributed by atoms with Crippen LogP contribution in [0.15, 0.2) is 51.4 Å². The molecule has 1 N–H and O–H groups in total. The second-order valence-electron chi connectivity index (χ2n) is 5.47. The molecular weight excluding hydrogens is 390 g/mol.